The normalized spacial score (nSPS) is 12.0. The summed E-state index contributed by atoms with van der Waals surface area (Å²) in [5.74, 6) is 1.23. The fraction of sp³-hybridized carbons (Fsp3) is 0.200. The van der Waals surface area contributed by atoms with E-state index in [-0.39, 0.29) is 5.82 Å². The Kier molecular flexibility index (Phi) is 7.46. The number of rotatable bonds is 8. The Morgan fingerprint density at radius 3 is 2.69 bits per heavy atom. The molecule has 0 radical (unpaired) electrons. The minimum absolute atomic E-state index is 0.369. The Morgan fingerprint density at radius 1 is 1.17 bits per heavy atom. The summed E-state index contributed by atoms with van der Waals surface area (Å²) in [6.45, 7) is 6.15. The molecule has 1 heterocycles. The first-order valence-electron chi connectivity index (χ1n) is 8.61. The topological polar surface area (TPSA) is 39.9 Å². The second kappa shape index (κ2) is 9.85. The molecule has 3 aromatic rings. The molecule has 9 heteroatoms. The van der Waals surface area contributed by atoms with E-state index in [1.165, 1.54) is 23.9 Å². The number of halogens is 4. The van der Waals surface area contributed by atoms with Gasteiger partial charge < -0.3 is 4.74 Å². The fourth-order valence-corrected chi connectivity index (χ4v) is 4.20. The first-order chi connectivity index (χ1) is 13.9. The molecule has 152 valence electrons. The van der Waals surface area contributed by atoms with Crippen molar-refractivity contribution < 1.29 is 9.13 Å². The van der Waals surface area contributed by atoms with E-state index in [0.717, 1.165) is 5.56 Å². The van der Waals surface area contributed by atoms with Gasteiger partial charge in [-0.2, -0.15) is 0 Å². The van der Waals surface area contributed by atoms with Crippen molar-refractivity contribution in [3.05, 3.63) is 81.3 Å². The Morgan fingerprint density at radius 2 is 1.97 bits per heavy atom. The lowest BCUT2D eigenvalue weighted by atomic mass is 10.2. The lowest BCUT2D eigenvalue weighted by Gasteiger charge is -2.16. The number of thioether (sulfide) groups is 1. The van der Waals surface area contributed by atoms with Crippen LogP contribution in [0.5, 0.6) is 5.75 Å². The van der Waals surface area contributed by atoms with E-state index >= 15 is 0 Å². The second-order valence-corrected chi connectivity index (χ2v) is 8.29. The van der Waals surface area contributed by atoms with Crippen molar-refractivity contribution in [3.8, 4) is 5.75 Å². The Bertz CT molecular complexity index is 1030. The van der Waals surface area contributed by atoms with Crippen LogP contribution in [0.15, 0.2) is 54.2 Å². The molecular formula is C20H17Cl3FN3OS. The van der Waals surface area contributed by atoms with Crippen molar-refractivity contribution >= 4 is 46.6 Å². The van der Waals surface area contributed by atoms with Gasteiger partial charge in [-0.25, -0.2) is 4.39 Å². The molecule has 1 atom stereocenters. The Hall–Kier alpha value is -1.73. The standard InChI is InChI=1S/C20H17Cl3FN3OS/c1-3-8-27-19(12(2)28-18-9-14(21)5-7-16(18)22)25-26-20(27)29-11-13-4-6-15(24)10-17(13)23/h3-7,9-10,12H,1,8,11H2,2H3. The Balaban J connectivity index is 1.80. The molecule has 0 aliphatic carbocycles. The highest BCUT2D eigenvalue weighted by molar-refractivity contribution is 7.98. The predicted molar refractivity (Wildman–Crippen MR) is 117 cm³/mol. The molecule has 4 nitrogen and oxygen atoms in total. The maximum absolute atomic E-state index is 13.2. The van der Waals surface area contributed by atoms with Crippen LogP contribution in [0.3, 0.4) is 0 Å². The van der Waals surface area contributed by atoms with Gasteiger partial charge in [-0.3, -0.25) is 4.57 Å². The van der Waals surface area contributed by atoms with Gasteiger partial charge in [0.05, 0.1) is 5.02 Å². The van der Waals surface area contributed by atoms with Gasteiger partial charge in [-0.05, 0) is 36.8 Å². The highest BCUT2D eigenvalue weighted by Crippen LogP contribution is 2.33. The average Bonchev–Trinajstić information content (AvgIpc) is 3.07. The molecule has 29 heavy (non-hydrogen) atoms. The molecule has 0 aliphatic rings. The third-order valence-corrected chi connectivity index (χ3v) is 5.90. The number of hydrogen-bond acceptors (Lipinski definition) is 4. The van der Waals surface area contributed by atoms with Crippen molar-refractivity contribution in [2.45, 2.75) is 30.5 Å². The van der Waals surface area contributed by atoms with Crippen LogP contribution in [-0.2, 0) is 12.3 Å². The molecule has 0 N–H and O–H groups in total. The van der Waals surface area contributed by atoms with Crippen LogP contribution in [0.4, 0.5) is 4.39 Å². The van der Waals surface area contributed by atoms with Crippen molar-refractivity contribution in [2.75, 3.05) is 0 Å². The third kappa shape index (κ3) is 5.45. The fourth-order valence-electron chi connectivity index (χ4n) is 2.60. The smallest absolute Gasteiger partial charge is 0.191 e. The van der Waals surface area contributed by atoms with E-state index in [9.17, 15) is 4.39 Å². The van der Waals surface area contributed by atoms with Crippen LogP contribution in [0.25, 0.3) is 0 Å². The van der Waals surface area contributed by atoms with E-state index in [2.05, 4.69) is 16.8 Å². The van der Waals surface area contributed by atoms with Crippen molar-refractivity contribution in [1.29, 1.82) is 0 Å². The van der Waals surface area contributed by atoms with E-state index < -0.39 is 6.10 Å². The highest BCUT2D eigenvalue weighted by Gasteiger charge is 2.20. The summed E-state index contributed by atoms with van der Waals surface area (Å²) in [4.78, 5) is 0. The van der Waals surface area contributed by atoms with Gasteiger partial charge in [-0.1, -0.05) is 58.7 Å². The quantitative estimate of drug-likeness (QED) is 0.261. The lowest BCUT2D eigenvalue weighted by Crippen LogP contribution is -2.12. The van der Waals surface area contributed by atoms with Gasteiger partial charge >= 0.3 is 0 Å². The van der Waals surface area contributed by atoms with E-state index in [1.807, 2.05) is 11.5 Å². The van der Waals surface area contributed by atoms with E-state index in [1.54, 1.807) is 30.3 Å². The molecule has 0 saturated heterocycles. The highest BCUT2D eigenvalue weighted by atomic mass is 35.5. The summed E-state index contributed by atoms with van der Waals surface area (Å²) < 4.78 is 21.1. The van der Waals surface area contributed by atoms with Crippen molar-refractivity contribution in [2.24, 2.45) is 0 Å². The first-order valence-corrected chi connectivity index (χ1v) is 10.7. The molecule has 3 rings (SSSR count). The predicted octanol–water partition coefficient (Wildman–Crippen LogP) is 7.00. The largest absolute Gasteiger partial charge is 0.481 e. The van der Waals surface area contributed by atoms with E-state index in [4.69, 9.17) is 39.5 Å². The van der Waals surface area contributed by atoms with Crippen molar-refractivity contribution in [1.82, 2.24) is 14.8 Å². The van der Waals surface area contributed by atoms with Crippen LogP contribution in [0.2, 0.25) is 15.1 Å². The van der Waals surface area contributed by atoms with Gasteiger partial charge in [-0.15, -0.1) is 16.8 Å². The molecule has 0 bridgehead atoms. The van der Waals surface area contributed by atoms with Gasteiger partial charge in [0.2, 0.25) is 0 Å². The van der Waals surface area contributed by atoms with E-state index in [0.29, 0.717) is 44.1 Å². The van der Waals surface area contributed by atoms with Crippen molar-refractivity contribution in [3.63, 3.8) is 0 Å². The second-order valence-electron chi connectivity index (χ2n) is 6.10. The van der Waals surface area contributed by atoms with Crippen LogP contribution >= 0.6 is 46.6 Å². The number of hydrogen-bond donors (Lipinski definition) is 0. The third-order valence-electron chi connectivity index (χ3n) is 3.99. The number of ether oxygens (including phenoxy) is 1. The first kappa shape index (κ1) is 22.0. The summed E-state index contributed by atoms with van der Waals surface area (Å²) in [5.41, 5.74) is 0.808. The zero-order chi connectivity index (χ0) is 21.0. The zero-order valence-electron chi connectivity index (χ0n) is 15.4. The molecule has 0 aliphatic heterocycles. The van der Waals surface area contributed by atoms with Gasteiger partial charge in [0.1, 0.15) is 11.6 Å². The molecule has 0 amide bonds. The number of allylic oxidation sites excluding steroid dienone is 1. The SMILES string of the molecule is C=CCn1c(SCc2ccc(F)cc2Cl)nnc1C(C)Oc1cc(Cl)ccc1Cl. The Labute approximate surface area is 187 Å². The molecule has 1 unspecified atom stereocenters. The maximum Gasteiger partial charge on any atom is 0.191 e. The van der Waals surface area contributed by atoms with Gasteiger partial charge in [0.25, 0.3) is 0 Å². The van der Waals surface area contributed by atoms with Gasteiger partial charge in [0.15, 0.2) is 17.1 Å². The number of nitrogens with zero attached hydrogens (tertiary/aromatic N) is 3. The summed E-state index contributed by atoms with van der Waals surface area (Å²) in [5, 5.41) is 10.6. The minimum atomic E-state index is -0.429. The summed E-state index contributed by atoms with van der Waals surface area (Å²) >= 11 is 19.8. The number of aromatic nitrogens is 3. The average molecular weight is 473 g/mol. The van der Waals surface area contributed by atoms with Crippen LogP contribution in [-0.4, -0.2) is 14.8 Å². The molecule has 2 aromatic carbocycles. The minimum Gasteiger partial charge on any atom is -0.481 e. The lowest BCUT2D eigenvalue weighted by molar-refractivity contribution is 0.210. The monoisotopic (exact) mass is 471 g/mol. The summed E-state index contributed by atoms with van der Waals surface area (Å²) in [6, 6.07) is 9.35. The zero-order valence-corrected chi connectivity index (χ0v) is 18.5. The molecular weight excluding hydrogens is 456 g/mol. The molecule has 1 aromatic heterocycles. The molecule has 0 fully saturated rings. The van der Waals surface area contributed by atoms with Crippen LogP contribution in [0, 0.1) is 5.82 Å². The molecule has 0 spiro atoms. The summed E-state index contributed by atoms with van der Waals surface area (Å²) in [7, 11) is 0. The number of benzene rings is 2. The van der Waals surface area contributed by atoms with Gasteiger partial charge in [0, 0.05) is 28.4 Å². The van der Waals surface area contributed by atoms with Crippen LogP contribution in [0.1, 0.15) is 24.4 Å². The molecule has 0 saturated carbocycles. The maximum atomic E-state index is 13.2. The summed E-state index contributed by atoms with van der Waals surface area (Å²) in [6.07, 6.45) is 1.32. The van der Waals surface area contributed by atoms with Crippen LogP contribution < -0.4 is 4.74 Å².